The fraction of sp³-hybridized carbons (Fsp3) is 0.500. The first kappa shape index (κ1) is 34.3. The molecule has 2 aromatic heterocycles. The summed E-state index contributed by atoms with van der Waals surface area (Å²) in [4.78, 5) is 36.1. The molecule has 1 aromatic carbocycles. The summed E-state index contributed by atoms with van der Waals surface area (Å²) >= 11 is 5.77. The molecule has 0 aliphatic carbocycles. The van der Waals surface area contributed by atoms with Gasteiger partial charge in [0.05, 0.1) is 47.7 Å². The summed E-state index contributed by atoms with van der Waals surface area (Å²) in [5.41, 5.74) is 4.57. The van der Waals surface area contributed by atoms with E-state index in [1.54, 1.807) is 18.2 Å². The van der Waals surface area contributed by atoms with Crippen molar-refractivity contribution >= 4 is 40.5 Å². The first-order valence-corrected chi connectivity index (χ1v) is 15.7. The lowest BCUT2D eigenvalue weighted by Crippen LogP contribution is -2.55. The van der Waals surface area contributed by atoms with Crippen LogP contribution in [0.2, 0.25) is 5.15 Å². The summed E-state index contributed by atoms with van der Waals surface area (Å²) in [5.74, 6) is -1.46. The molecular formula is C30H38ClF3N10O3. The van der Waals surface area contributed by atoms with Gasteiger partial charge in [0.2, 0.25) is 0 Å². The van der Waals surface area contributed by atoms with E-state index < -0.39 is 34.4 Å². The zero-order valence-electron chi connectivity index (χ0n) is 26.3. The molecule has 2 aliphatic rings. The van der Waals surface area contributed by atoms with Gasteiger partial charge >= 0.3 is 6.18 Å². The first-order valence-electron chi connectivity index (χ1n) is 15.3. The summed E-state index contributed by atoms with van der Waals surface area (Å²) < 4.78 is 48.3. The highest BCUT2D eigenvalue weighted by Crippen LogP contribution is 2.36. The third-order valence-electron chi connectivity index (χ3n) is 8.48. The zero-order valence-corrected chi connectivity index (χ0v) is 27.1. The van der Waals surface area contributed by atoms with Crippen LogP contribution in [0.1, 0.15) is 46.8 Å². The molecule has 0 spiro atoms. The molecule has 254 valence electrons. The molecule has 0 unspecified atom stereocenters. The summed E-state index contributed by atoms with van der Waals surface area (Å²) in [7, 11) is 2.03. The third-order valence-corrected chi connectivity index (χ3v) is 8.78. The lowest BCUT2D eigenvalue weighted by atomic mass is 10.1. The fourth-order valence-electron chi connectivity index (χ4n) is 5.64. The molecule has 2 saturated heterocycles. The Kier molecular flexibility index (Phi) is 10.5. The van der Waals surface area contributed by atoms with Crippen LogP contribution in [0.5, 0.6) is 0 Å². The Morgan fingerprint density at radius 3 is 2.49 bits per heavy atom. The number of pyridine rings is 1. The quantitative estimate of drug-likeness (QED) is 0.228. The number of ether oxygens (including phenoxy) is 1. The van der Waals surface area contributed by atoms with Gasteiger partial charge in [0.25, 0.3) is 11.8 Å². The highest BCUT2D eigenvalue weighted by atomic mass is 35.5. The number of likely N-dealkylation sites (N-methyl/N-ethyl adjacent to an activating group) is 1. The van der Waals surface area contributed by atoms with Crippen molar-refractivity contribution < 1.29 is 27.5 Å². The number of benzene rings is 1. The van der Waals surface area contributed by atoms with Gasteiger partial charge in [-0.3, -0.25) is 19.4 Å². The Hall–Kier alpha value is -3.99. The van der Waals surface area contributed by atoms with Gasteiger partial charge in [0.1, 0.15) is 0 Å². The molecule has 4 N–H and O–H groups in total. The molecule has 0 saturated carbocycles. The molecule has 4 heterocycles. The molecule has 2 fully saturated rings. The normalized spacial score (nSPS) is 19.5. The number of rotatable bonds is 9. The smallest absolute Gasteiger partial charge is 0.396 e. The van der Waals surface area contributed by atoms with Crippen molar-refractivity contribution in [1.82, 2.24) is 35.1 Å². The van der Waals surface area contributed by atoms with E-state index in [9.17, 15) is 22.8 Å². The number of piperazine rings is 1. The Balaban J connectivity index is 1.39. The third kappa shape index (κ3) is 8.12. The van der Waals surface area contributed by atoms with E-state index in [2.05, 4.69) is 54.5 Å². The van der Waals surface area contributed by atoms with Gasteiger partial charge in [-0.2, -0.15) is 13.2 Å². The number of hydrogen-bond donors (Lipinski definition) is 3. The van der Waals surface area contributed by atoms with Crippen molar-refractivity contribution in [2.45, 2.75) is 38.5 Å². The minimum atomic E-state index is -4.96. The minimum absolute atomic E-state index is 0.0882. The molecule has 0 radical (unpaired) electrons. The van der Waals surface area contributed by atoms with Crippen LogP contribution in [0, 0.1) is 0 Å². The van der Waals surface area contributed by atoms with Crippen LogP contribution in [-0.2, 0) is 10.9 Å². The number of nitrogens with one attached hydrogen (secondary N) is 2. The molecule has 47 heavy (non-hydrogen) atoms. The van der Waals surface area contributed by atoms with Crippen LogP contribution in [0.15, 0.2) is 30.5 Å². The van der Waals surface area contributed by atoms with Crippen molar-refractivity contribution in [2.75, 3.05) is 75.5 Å². The maximum absolute atomic E-state index is 13.9. The van der Waals surface area contributed by atoms with Crippen LogP contribution in [-0.4, -0.2) is 113 Å². The average molecular weight is 679 g/mol. The lowest BCUT2D eigenvalue weighted by molar-refractivity contribution is -0.141. The molecule has 5 rings (SSSR count). The second kappa shape index (κ2) is 14.4. The largest absolute Gasteiger partial charge is 0.434 e. The van der Waals surface area contributed by atoms with Crippen LogP contribution < -0.4 is 21.3 Å². The zero-order chi connectivity index (χ0) is 33.9. The number of alkyl halides is 3. The molecule has 3 aromatic rings. The van der Waals surface area contributed by atoms with E-state index in [0.717, 1.165) is 32.1 Å². The second-order valence-electron chi connectivity index (χ2n) is 11.8. The van der Waals surface area contributed by atoms with Crippen molar-refractivity contribution in [3.63, 3.8) is 0 Å². The van der Waals surface area contributed by atoms with E-state index in [0.29, 0.717) is 44.2 Å². The number of carbonyl (C=O) groups excluding carboxylic acids is 2. The summed E-state index contributed by atoms with van der Waals surface area (Å²) in [5, 5.41) is 13.0. The Bertz CT molecular complexity index is 1590. The number of amides is 2. The standard InChI is InChI=1S/C30H38ClF3N10O3/c1-18-15-43(16-19(2)41(18)3)25-6-5-20(13-23(25)37-28(45)21-14-22(35)27(31)38-26(21)30(32,33)34)44-17-24(39-40-44)29(46)36-7-4-8-42-9-11-47-12-10-42/h5-6,13-14,17-19H,4,7-12,15-16,35H2,1-3H3,(H,36,46)(H,37,45)/t18-,19+. The highest BCUT2D eigenvalue weighted by Gasteiger charge is 2.38. The maximum atomic E-state index is 13.9. The predicted octanol–water partition coefficient (Wildman–Crippen LogP) is 3.15. The monoisotopic (exact) mass is 678 g/mol. The summed E-state index contributed by atoms with van der Waals surface area (Å²) in [6, 6.07) is 6.23. The average Bonchev–Trinajstić information content (AvgIpc) is 3.53. The SMILES string of the molecule is C[C@@H]1CN(c2ccc(-n3cc(C(=O)NCCCN4CCOCC4)nn3)cc2NC(=O)c2cc(N)c(Cl)nc2C(F)(F)F)C[C@H](C)N1C. The minimum Gasteiger partial charge on any atom is -0.396 e. The number of aromatic nitrogens is 4. The highest BCUT2D eigenvalue weighted by molar-refractivity contribution is 6.32. The number of carbonyl (C=O) groups is 2. The number of nitrogens with two attached hydrogens (primary N) is 1. The van der Waals surface area contributed by atoms with Gasteiger partial charge < -0.3 is 26.0 Å². The predicted molar refractivity (Wildman–Crippen MR) is 171 cm³/mol. The maximum Gasteiger partial charge on any atom is 0.434 e. The number of hydrogen-bond acceptors (Lipinski definition) is 10. The van der Waals surface area contributed by atoms with Crippen molar-refractivity contribution in [3.05, 3.63) is 52.6 Å². The van der Waals surface area contributed by atoms with Crippen molar-refractivity contribution in [1.29, 1.82) is 0 Å². The van der Waals surface area contributed by atoms with E-state index in [1.165, 1.54) is 10.9 Å². The molecule has 2 aliphatic heterocycles. The topological polar surface area (TPSA) is 147 Å². The summed E-state index contributed by atoms with van der Waals surface area (Å²) in [6.45, 7) is 9.78. The number of anilines is 3. The van der Waals surface area contributed by atoms with Gasteiger partial charge in [-0.1, -0.05) is 16.8 Å². The lowest BCUT2D eigenvalue weighted by Gasteiger charge is -2.44. The second-order valence-corrected chi connectivity index (χ2v) is 12.2. The Morgan fingerprint density at radius 1 is 1.11 bits per heavy atom. The van der Waals surface area contributed by atoms with Crippen molar-refractivity contribution in [3.8, 4) is 5.69 Å². The molecule has 2 amide bonds. The van der Waals surface area contributed by atoms with Crippen LogP contribution in [0.4, 0.5) is 30.2 Å². The van der Waals surface area contributed by atoms with E-state index in [1.807, 2.05) is 7.05 Å². The molecule has 2 atom stereocenters. The van der Waals surface area contributed by atoms with Crippen molar-refractivity contribution in [2.24, 2.45) is 0 Å². The Morgan fingerprint density at radius 2 is 1.81 bits per heavy atom. The van der Waals surface area contributed by atoms with Gasteiger partial charge in [-0.25, -0.2) is 9.67 Å². The van der Waals surface area contributed by atoms with Gasteiger partial charge in [-0.05, 0) is 58.1 Å². The number of halogens is 4. The number of morpholine rings is 1. The van der Waals surface area contributed by atoms with Gasteiger partial charge in [-0.15, -0.1) is 5.10 Å². The molecular weight excluding hydrogens is 641 g/mol. The van der Waals surface area contributed by atoms with E-state index >= 15 is 0 Å². The first-order chi connectivity index (χ1) is 22.3. The Labute approximate surface area is 275 Å². The molecule has 17 heteroatoms. The van der Waals surface area contributed by atoms with Crippen LogP contribution in [0.25, 0.3) is 5.69 Å². The van der Waals surface area contributed by atoms with Gasteiger partial charge in [0, 0.05) is 44.8 Å². The van der Waals surface area contributed by atoms with Crippen LogP contribution >= 0.6 is 11.6 Å². The van der Waals surface area contributed by atoms with E-state index in [-0.39, 0.29) is 29.2 Å². The summed E-state index contributed by atoms with van der Waals surface area (Å²) in [6.07, 6.45) is -2.75. The number of nitrogen functional groups attached to an aromatic ring is 1. The van der Waals surface area contributed by atoms with Crippen LogP contribution in [0.3, 0.4) is 0 Å². The molecule has 0 bridgehead atoms. The fourth-order valence-corrected chi connectivity index (χ4v) is 5.78. The molecule has 13 nitrogen and oxygen atoms in total. The van der Waals surface area contributed by atoms with E-state index in [4.69, 9.17) is 22.1 Å². The number of nitrogens with zero attached hydrogens (tertiary/aromatic N) is 7. The van der Waals surface area contributed by atoms with Gasteiger partial charge in [0.15, 0.2) is 16.5 Å².